The van der Waals surface area contributed by atoms with Gasteiger partial charge in [-0.15, -0.1) is 10.2 Å². The highest BCUT2D eigenvalue weighted by atomic mass is 32.1. The van der Waals surface area contributed by atoms with Crippen molar-refractivity contribution in [1.82, 2.24) is 15.5 Å². The van der Waals surface area contributed by atoms with Gasteiger partial charge in [0.05, 0.1) is 7.11 Å². The van der Waals surface area contributed by atoms with Gasteiger partial charge in [-0.25, -0.2) is 0 Å². The minimum absolute atomic E-state index is 0.296. The van der Waals surface area contributed by atoms with Crippen molar-refractivity contribution in [3.05, 3.63) is 59.7 Å². The van der Waals surface area contributed by atoms with Gasteiger partial charge in [0.1, 0.15) is 16.8 Å². The molecule has 0 saturated heterocycles. The van der Waals surface area contributed by atoms with Gasteiger partial charge >= 0.3 is 0 Å². The Morgan fingerprint density at radius 3 is 2.64 bits per heavy atom. The topological polar surface area (TPSA) is 93.2 Å². The van der Waals surface area contributed by atoms with Crippen LogP contribution in [0, 0.1) is 6.92 Å². The van der Waals surface area contributed by atoms with Crippen LogP contribution in [-0.4, -0.2) is 35.2 Å². The zero-order chi connectivity index (χ0) is 20.1. The second-order valence-corrected chi connectivity index (χ2v) is 7.12. The Labute approximate surface area is 166 Å². The largest absolute Gasteiger partial charge is 0.497 e. The van der Waals surface area contributed by atoms with E-state index < -0.39 is 6.04 Å². The van der Waals surface area contributed by atoms with Gasteiger partial charge in [0.25, 0.3) is 5.91 Å². The molecule has 144 valence electrons. The molecule has 1 heterocycles. The van der Waals surface area contributed by atoms with Crippen LogP contribution in [0.15, 0.2) is 48.5 Å². The Hall–Kier alpha value is -3.26. The standard InChI is InChI=1S/C20H20N4O3S/c1-12-7-4-5-10-16(12)18(26)21-13(2)17(25)22-20-24-23-19(28-20)14-8-6-9-15(11-14)27-3/h4-11,13H,1-3H3,(H,21,26)(H,22,24,25). The third-order valence-corrected chi connectivity index (χ3v) is 4.99. The number of nitrogens with zero attached hydrogens (tertiary/aromatic N) is 2. The lowest BCUT2D eigenvalue weighted by Crippen LogP contribution is -2.41. The first kappa shape index (κ1) is 19.5. The molecule has 2 amide bonds. The van der Waals surface area contributed by atoms with E-state index >= 15 is 0 Å². The number of carbonyl (C=O) groups is 2. The second-order valence-electron chi connectivity index (χ2n) is 6.14. The summed E-state index contributed by atoms with van der Waals surface area (Å²) in [5, 5.41) is 14.5. The first-order chi connectivity index (χ1) is 13.5. The van der Waals surface area contributed by atoms with Gasteiger partial charge in [-0.05, 0) is 37.6 Å². The summed E-state index contributed by atoms with van der Waals surface area (Å²) in [4.78, 5) is 24.8. The molecular formula is C20H20N4O3S. The van der Waals surface area contributed by atoms with Gasteiger partial charge in [0, 0.05) is 11.1 Å². The van der Waals surface area contributed by atoms with E-state index in [4.69, 9.17) is 4.74 Å². The highest BCUT2D eigenvalue weighted by Crippen LogP contribution is 2.28. The van der Waals surface area contributed by atoms with Crippen LogP contribution < -0.4 is 15.4 Å². The second kappa shape index (κ2) is 8.62. The fourth-order valence-electron chi connectivity index (χ4n) is 2.53. The summed E-state index contributed by atoms with van der Waals surface area (Å²) >= 11 is 1.25. The minimum Gasteiger partial charge on any atom is -0.497 e. The van der Waals surface area contributed by atoms with Crippen LogP contribution in [0.5, 0.6) is 5.75 Å². The number of carbonyl (C=O) groups excluding carboxylic acids is 2. The van der Waals surface area contributed by atoms with Gasteiger partial charge in [-0.3, -0.25) is 14.9 Å². The molecule has 0 fully saturated rings. The fourth-order valence-corrected chi connectivity index (χ4v) is 3.27. The lowest BCUT2D eigenvalue weighted by molar-refractivity contribution is -0.117. The first-order valence-electron chi connectivity index (χ1n) is 8.63. The molecule has 2 aromatic carbocycles. The van der Waals surface area contributed by atoms with E-state index in [0.29, 0.717) is 21.5 Å². The van der Waals surface area contributed by atoms with E-state index in [1.165, 1.54) is 11.3 Å². The lowest BCUT2D eigenvalue weighted by atomic mass is 10.1. The minimum atomic E-state index is -0.726. The predicted molar refractivity (Wildman–Crippen MR) is 109 cm³/mol. The molecule has 3 rings (SSSR count). The third-order valence-electron chi connectivity index (χ3n) is 4.10. The molecule has 0 spiro atoms. The molecule has 0 aliphatic rings. The number of aryl methyl sites for hydroxylation is 1. The molecule has 28 heavy (non-hydrogen) atoms. The predicted octanol–water partition coefficient (Wildman–Crippen LogP) is 3.28. The highest BCUT2D eigenvalue weighted by Gasteiger charge is 2.19. The van der Waals surface area contributed by atoms with E-state index in [0.717, 1.165) is 11.1 Å². The van der Waals surface area contributed by atoms with Crippen LogP contribution in [0.3, 0.4) is 0 Å². The number of hydrogen-bond donors (Lipinski definition) is 2. The molecule has 3 aromatic rings. The van der Waals surface area contributed by atoms with Crippen LogP contribution in [0.25, 0.3) is 10.6 Å². The van der Waals surface area contributed by atoms with Crippen molar-refractivity contribution in [3.8, 4) is 16.3 Å². The smallest absolute Gasteiger partial charge is 0.252 e. The highest BCUT2D eigenvalue weighted by molar-refractivity contribution is 7.18. The monoisotopic (exact) mass is 396 g/mol. The number of methoxy groups -OCH3 is 1. The lowest BCUT2D eigenvalue weighted by Gasteiger charge is -2.13. The summed E-state index contributed by atoms with van der Waals surface area (Å²) in [6.07, 6.45) is 0. The molecule has 8 heteroatoms. The summed E-state index contributed by atoms with van der Waals surface area (Å²) in [7, 11) is 1.59. The Morgan fingerprint density at radius 2 is 1.89 bits per heavy atom. The summed E-state index contributed by atoms with van der Waals surface area (Å²) < 4.78 is 5.21. The molecule has 1 unspecified atom stereocenters. The van der Waals surface area contributed by atoms with Crippen molar-refractivity contribution < 1.29 is 14.3 Å². The molecule has 0 bridgehead atoms. The van der Waals surface area contributed by atoms with Crippen LogP contribution in [-0.2, 0) is 4.79 Å². The third kappa shape index (κ3) is 4.52. The zero-order valence-corrected chi connectivity index (χ0v) is 16.5. The maximum Gasteiger partial charge on any atom is 0.252 e. The van der Waals surface area contributed by atoms with Crippen molar-refractivity contribution in [2.24, 2.45) is 0 Å². The Balaban J connectivity index is 1.64. The number of rotatable bonds is 6. The zero-order valence-electron chi connectivity index (χ0n) is 15.7. The van der Waals surface area contributed by atoms with E-state index in [9.17, 15) is 9.59 Å². The van der Waals surface area contributed by atoms with Crippen molar-refractivity contribution in [3.63, 3.8) is 0 Å². The summed E-state index contributed by atoms with van der Waals surface area (Å²) in [6, 6.07) is 13.9. The number of benzene rings is 2. The fraction of sp³-hybridized carbons (Fsp3) is 0.200. The van der Waals surface area contributed by atoms with E-state index in [1.54, 1.807) is 26.2 Å². The molecular weight excluding hydrogens is 376 g/mol. The molecule has 1 atom stereocenters. The summed E-state index contributed by atoms with van der Waals surface area (Å²) in [5.41, 5.74) is 2.23. The molecule has 2 N–H and O–H groups in total. The van der Waals surface area contributed by atoms with Crippen LogP contribution >= 0.6 is 11.3 Å². The van der Waals surface area contributed by atoms with E-state index in [1.807, 2.05) is 43.3 Å². The van der Waals surface area contributed by atoms with Crippen molar-refractivity contribution in [2.75, 3.05) is 12.4 Å². The average Bonchev–Trinajstić information content (AvgIpc) is 3.16. The Bertz CT molecular complexity index is 1000. The van der Waals surface area contributed by atoms with Gasteiger partial charge in [0.2, 0.25) is 11.0 Å². The van der Waals surface area contributed by atoms with E-state index in [-0.39, 0.29) is 11.8 Å². The number of aromatic nitrogens is 2. The van der Waals surface area contributed by atoms with Crippen LogP contribution in [0.2, 0.25) is 0 Å². The van der Waals surface area contributed by atoms with Gasteiger partial charge in [-0.2, -0.15) is 0 Å². The molecule has 7 nitrogen and oxygen atoms in total. The van der Waals surface area contributed by atoms with Gasteiger partial charge < -0.3 is 10.1 Å². The van der Waals surface area contributed by atoms with Crippen LogP contribution in [0.4, 0.5) is 5.13 Å². The van der Waals surface area contributed by atoms with Gasteiger partial charge in [-0.1, -0.05) is 41.7 Å². The molecule has 0 aliphatic heterocycles. The number of nitrogens with one attached hydrogen (secondary N) is 2. The molecule has 0 aliphatic carbocycles. The average molecular weight is 396 g/mol. The quantitative estimate of drug-likeness (QED) is 0.667. The maximum atomic E-state index is 12.4. The Morgan fingerprint density at radius 1 is 1.11 bits per heavy atom. The number of anilines is 1. The van der Waals surface area contributed by atoms with Crippen molar-refractivity contribution in [2.45, 2.75) is 19.9 Å². The molecule has 0 saturated carbocycles. The normalized spacial score (nSPS) is 11.5. The summed E-state index contributed by atoms with van der Waals surface area (Å²) in [6.45, 7) is 3.47. The Kier molecular flexibility index (Phi) is 6.00. The van der Waals surface area contributed by atoms with Crippen molar-refractivity contribution in [1.29, 1.82) is 0 Å². The van der Waals surface area contributed by atoms with E-state index in [2.05, 4.69) is 20.8 Å². The summed E-state index contributed by atoms with van der Waals surface area (Å²) in [5.74, 6) is 0.0520. The number of amides is 2. The SMILES string of the molecule is COc1cccc(-c2nnc(NC(=O)C(C)NC(=O)c3ccccc3C)s2)c1. The van der Waals surface area contributed by atoms with Crippen LogP contribution in [0.1, 0.15) is 22.8 Å². The van der Waals surface area contributed by atoms with Crippen molar-refractivity contribution >= 4 is 28.3 Å². The van der Waals surface area contributed by atoms with Gasteiger partial charge in [0.15, 0.2) is 0 Å². The molecule has 0 radical (unpaired) electrons. The molecule has 1 aromatic heterocycles. The number of ether oxygens (including phenoxy) is 1. The first-order valence-corrected chi connectivity index (χ1v) is 9.45. The maximum absolute atomic E-state index is 12.4. The number of hydrogen-bond acceptors (Lipinski definition) is 6.